The number of halogens is 1. The molecule has 0 saturated carbocycles. The van der Waals surface area contributed by atoms with Crippen LogP contribution in [0.25, 0.3) is 0 Å². The summed E-state index contributed by atoms with van der Waals surface area (Å²) >= 11 is 5.86. The van der Waals surface area contributed by atoms with Gasteiger partial charge in [0.05, 0.1) is 11.2 Å². The van der Waals surface area contributed by atoms with Crippen molar-refractivity contribution in [2.75, 3.05) is 0 Å². The summed E-state index contributed by atoms with van der Waals surface area (Å²) in [6, 6.07) is 11.5. The minimum Gasteiger partial charge on any atom is -0.484 e. The number of aromatic nitrogens is 2. The monoisotopic (exact) mass is 369 g/mol. The molecular formula is C19H16ClN3O3. The predicted molar refractivity (Wildman–Crippen MR) is 95.2 cm³/mol. The average Bonchev–Trinajstić information content (AvgIpc) is 3.26. The van der Waals surface area contributed by atoms with E-state index in [4.69, 9.17) is 20.9 Å². The summed E-state index contributed by atoms with van der Waals surface area (Å²) in [6.07, 6.45) is 4.73. The Morgan fingerprint density at radius 3 is 2.73 bits per heavy atom. The summed E-state index contributed by atoms with van der Waals surface area (Å²) < 4.78 is 10.7. The van der Waals surface area contributed by atoms with Crippen LogP contribution in [0.15, 0.2) is 53.3 Å². The van der Waals surface area contributed by atoms with E-state index in [1.165, 1.54) is 17.3 Å². The van der Waals surface area contributed by atoms with Gasteiger partial charge in [0.25, 0.3) is 5.91 Å². The van der Waals surface area contributed by atoms with Gasteiger partial charge in [0.2, 0.25) is 0 Å². The van der Waals surface area contributed by atoms with E-state index in [0.717, 1.165) is 12.8 Å². The molecule has 1 N–H and O–H groups in total. The molecule has 1 aliphatic carbocycles. The number of hydrogen-bond donors (Lipinski definition) is 1. The Morgan fingerprint density at radius 2 is 2.00 bits per heavy atom. The minimum absolute atomic E-state index is 0.0776. The number of rotatable bonds is 5. The van der Waals surface area contributed by atoms with E-state index in [-0.39, 0.29) is 24.2 Å². The highest BCUT2D eigenvalue weighted by Gasteiger charge is 2.24. The smallest absolute Gasteiger partial charge is 0.273 e. The molecule has 2 heterocycles. The number of carbonyl (C=O) groups is 1. The van der Waals surface area contributed by atoms with Crippen molar-refractivity contribution in [1.29, 1.82) is 0 Å². The topological polar surface area (TPSA) is 77.2 Å². The molecule has 26 heavy (non-hydrogen) atoms. The second kappa shape index (κ2) is 7.17. The molecule has 0 aliphatic heterocycles. The third-order valence-electron chi connectivity index (χ3n) is 4.24. The lowest BCUT2D eigenvalue weighted by molar-refractivity contribution is 0.0929. The van der Waals surface area contributed by atoms with Crippen molar-refractivity contribution in [3.05, 3.63) is 76.4 Å². The first kappa shape index (κ1) is 16.6. The number of nitrogens with zero attached hydrogens (tertiary/aromatic N) is 2. The van der Waals surface area contributed by atoms with Gasteiger partial charge in [-0.05, 0) is 24.0 Å². The van der Waals surface area contributed by atoms with E-state index in [9.17, 15) is 4.79 Å². The fourth-order valence-electron chi connectivity index (χ4n) is 3.03. The quantitative estimate of drug-likeness (QED) is 0.747. The standard InChI is InChI=1S/C19H16ClN3O3/c20-14-7-16(10-21-9-14)25-11-17-8-18(23-26-17)19(24)22-15-5-12-3-1-2-4-13(12)6-15/h1-4,7-10,15H,5-6,11H2,(H,22,24). The Morgan fingerprint density at radius 1 is 1.23 bits per heavy atom. The van der Waals surface area contributed by atoms with Crippen LogP contribution in [0.5, 0.6) is 5.75 Å². The molecule has 1 aliphatic rings. The Bertz CT molecular complexity index is 916. The third-order valence-corrected chi connectivity index (χ3v) is 4.45. The first-order valence-corrected chi connectivity index (χ1v) is 8.62. The molecule has 1 amide bonds. The summed E-state index contributed by atoms with van der Waals surface area (Å²) in [5.74, 6) is 0.718. The van der Waals surface area contributed by atoms with E-state index in [1.807, 2.05) is 12.1 Å². The molecule has 0 saturated heterocycles. The highest BCUT2D eigenvalue weighted by molar-refractivity contribution is 6.30. The van der Waals surface area contributed by atoms with Crippen molar-refractivity contribution in [1.82, 2.24) is 15.5 Å². The van der Waals surface area contributed by atoms with Gasteiger partial charge < -0.3 is 14.6 Å². The number of carbonyl (C=O) groups excluding carboxylic acids is 1. The zero-order valence-corrected chi connectivity index (χ0v) is 14.6. The van der Waals surface area contributed by atoms with Gasteiger partial charge in [0, 0.05) is 24.4 Å². The Balaban J connectivity index is 1.33. The maximum absolute atomic E-state index is 12.4. The van der Waals surface area contributed by atoms with Crippen molar-refractivity contribution >= 4 is 17.5 Å². The van der Waals surface area contributed by atoms with Gasteiger partial charge in [-0.3, -0.25) is 9.78 Å². The summed E-state index contributed by atoms with van der Waals surface area (Å²) in [6.45, 7) is 0.136. The number of hydrogen-bond acceptors (Lipinski definition) is 5. The summed E-state index contributed by atoms with van der Waals surface area (Å²) in [4.78, 5) is 16.3. The molecule has 4 rings (SSSR count). The van der Waals surface area contributed by atoms with Gasteiger partial charge in [-0.15, -0.1) is 0 Å². The molecule has 132 valence electrons. The Kier molecular flexibility index (Phi) is 4.58. The van der Waals surface area contributed by atoms with E-state index in [2.05, 4.69) is 27.6 Å². The van der Waals surface area contributed by atoms with Gasteiger partial charge in [0.15, 0.2) is 11.5 Å². The van der Waals surface area contributed by atoms with Crippen LogP contribution in [0.1, 0.15) is 27.4 Å². The highest BCUT2D eigenvalue weighted by atomic mass is 35.5. The number of nitrogens with one attached hydrogen (secondary N) is 1. The molecule has 7 heteroatoms. The van der Waals surface area contributed by atoms with Crippen LogP contribution in [0.3, 0.4) is 0 Å². The number of fused-ring (bicyclic) bond motifs is 1. The van der Waals surface area contributed by atoms with E-state index >= 15 is 0 Å². The Hall–Kier alpha value is -2.86. The summed E-state index contributed by atoms with van der Waals surface area (Å²) in [5, 5.41) is 7.32. The molecule has 2 aromatic heterocycles. The first-order valence-electron chi connectivity index (χ1n) is 8.24. The summed E-state index contributed by atoms with van der Waals surface area (Å²) in [5.41, 5.74) is 2.80. The third kappa shape index (κ3) is 3.70. The van der Waals surface area contributed by atoms with Crippen molar-refractivity contribution in [3.63, 3.8) is 0 Å². The number of pyridine rings is 1. The zero-order valence-electron chi connectivity index (χ0n) is 13.8. The minimum atomic E-state index is -0.248. The van der Waals surface area contributed by atoms with Crippen molar-refractivity contribution < 1.29 is 14.1 Å². The second-order valence-corrected chi connectivity index (χ2v) is 6.59. The first-order chi connectivity index (χ1) is 12.7. The number of ether oxygens (including phenoxy) is 1. The average molecular weight is 370 g/mol. The van der Waals surface area contributed by atoms with Crippen molar-refractivity contribution in [2.24, 2.45) is 0 Å². The number of amides is 1. The van der Waals surface area contributed by atoms with Crippen LogP contribution >= 0.6 is 11.6 Å². The van der Waals surface area contributed by atoms with E-state index < -0.39 is 0 Å². The van der Waals surface area contributed by atoms with Crippen LogP contribution in [-0.4, -0.2) is 22.1 Å². The van der Waals surface area contributed by atoms with Crippen LogP contribution in [0.2, 0.25) is 5.02 Å². The van der Waals surface area contributed by atoms with Crippen LogP contribution in [-0.2, 0) is 19.4 Å². The zero-order chi connectivity index (χ0) is 17.9. The molecule has 0 atom stereocenters. The molecule has 3 aromatic rings. The molecular weight excluding hydrogens is 354 g/mol. The van der Waals surface area contributed by atoms with Crippen molar-refractivity contribution in [2.45, 2.75) is 25.5 Å². The lowest BCUT2D eigenvalue weighted by atomic mass is 10.1. The molecule has 0 radical (unpaired) electrons. The lowest BCUT2D eigenvalue weighted by Crippen LogP contribution is -2.35. The predicted octanol–water partition coefficient (Wildman–Crippen LogP) is 3.20. The normalized spacial score (nSPS) is 13.4. The second-order valence-electron chi connectivity index (χ2n) is 6.15. The van der Waals surface area contributed by atoms with Gasteiger partial charge in [-0.2, -0.15) is 0 Å². The molecule has 0 spiro atoms. The largest absolute Gasteiger partial charge is 0.484 e. The van der Waals surface area contributed by atoms with E-state index in [0.29, 0.717) is 16.5 Å². The van der Waals surface area contributed by atoms with Crippen LogP contribution < -0.4 is 10.1 Å². The number of benzene rings is 1. The van der Waals surface area contributed by atoms with Gasteiger partial charge in [-0.25, -0.2) is 0 Å². The lowest BCUT2D eigenvalue weighted by Gasteiger charge is -2.09. The van der Waals surface area contributed by atoms with Gasteiger partial charge >= 0.3 is 0 Å². The maximum atomic E-state index is 12.4. The SMILES string of the molecule is O=C(NC1Cc2ccccc2C1)c1cc(COc2cncc(Cl)c2)on1. The fourth-order valence-corrected chi connectivity index (χ4v) is 3.20. The van der Waals surface area contributed by atoms with Crippen LogP contribution in [0, 0.1) is 0 Å². The van der Waals surface area contributed by atoms with Gasteiger partial charge in [-0.1, -0.05) is 41.0 Å². The highest BCUT2D eigenvalue weighted by Crippen LogP contribution is 2.22. The molecule has 0 bridgehead atoms. The van der Waals surface area contributed by atoms with E-state index in [1.54, 1.807) is 18.3 Å². The molecule has 6 nitrogen and oxygen atoms in total. The van der Waals surface area contributed by atoms with Crippen molar-refractivity contribution in [3.8, 4) is 5.75 Å². The van der Waals surface area contributed by atoms with Crippen LogP contribution in [0.4, 0.5) is 0 Å². The molecule has 0 unspecified atom stereocenters. The Labute approximate surface area is 155 Å². The molecule has 0 fully saturated rings. The maximum Gasteiger partial charge on any atom is 0.273 e. The molecule has 1 aromatic carbocycles. The fraction of sp³-hybridized carbons (Fsp3) is 0.211. The summed E-state index contributed by atoms with van der Waals surface area (Å²) in [7, 11) is 0. The van der Waals surface area contributed by atoms with Gasteiger partial charge in [0.1, 0.15) is 12.4 Å².